The molecule has 1 heterocycles. The van der Waals surface area contributed by atoms with Crippen LogP contribution in [0.1, 0.15) is 37.5 Å². The van der Waals surface area contributed by atoms with Gasteiger partial charge in [-0.25, -0.2) is 0 Å². The maximum absolute atomic E-state index is 11.5. The van der Waals surface area contributed by atoms with E-state index < -0.39 is 6.10 Å². The number of aliphatic hydroxyl groups is 1. The van der Waals surface area contributed by atoms with E-state index in [2.05, 4.69) is 5.32 Å². The predicted molar refractivity (Wildman–Crippen MR) is 58.6 cm³/mol. The number of carbonyl (C=O) groups is 1. The van der Waals surface area contributed by atoms with Crippen LogP contribution in [0.3, 0.4) is 0 Å². The second-order valence-electron chi connectivity index (χ2n) is 4.24. The van der Waals surface area contributed by atoms with Crippen LogP contribution in [0.5, 0.6) is 0 Å². The maximum Gasteiger partial charge on any atom is 0.223 e. The summed E-state index contributed by atoms with van der Waals surface area (Å²) in [5.74, 6) is 0.886. The Morgan fingerprint density at radius 3 is 3.00 bits per heavy atom. The Morgan fingerprint density at radius 2 is 2.44 bits per heavy atom. The van der Waals surface area contributed by atoms with Gasteiger partial charge in [0, 0.05) is 12.5 Å². The van der Waals surface area contributed by atoms with E-state index in [4.69, 9.17) is 4.42 Å². The molecule has 4 nitrogen and oxygen atoms in total. The van der Waals surface area contributed by atoms with Crippen LogP contribution in [-0.4, -0.2) is 17.6 Å². The van der Waals surface area contributed by atoms with Crippen LogP contribution in [0.4, 0.5) is 0 Å². The minimum absolute atomic E-state index is 0.123. The zero-order valence-corrected chi connectivity index (χ0v) is 9.19. The molecule has 1 aromatic rings. The third-order valence-electron chi connectivity index (χ3n) is 3.06. The van der Waals surface area contributed by atoms with E-state index >= 15 is 0 Å². The molecule has 0 aliphatic heterocycles. The number of aliphatic hydroxyl groups excluding tert-OH is 1. The summed E-state index contributed by atoms with van der Waals surface area (Å²) in [6.45, 7) is 0.497. The second-order valence-corrected chi connectivity index (χ2v) is 4.24. The predicted octanol–water partition coefficient (Wildman–Crippen LogP) is 1.62. The first-order valence-corrected chi connectivity index (χ1v) is 5.76. The molecule has 0 radical (unpaired) electrons. The van der Waals surface area contributed by atoms with Crippen LogP contribution in [0, 0.1) is 5.92 Å². The number of hydrogen-bond donors (Lipinski definition) is 2. The van der Waals surface area contributed by atoms with Gasteiger partial charge in [-0.1, -0.05) is 6.42 Å². The maximum atomic E-state index is 11.5. The monoisotopic (exact) mass is 223 g/mol. The number of furan rings is 1. The highest BCUT2D eigenvalue weighted by Gasteiger charge is 2.24. The highest BCUT2D eigenvalue weighted by atomic mass is 16.4. The van der Waals surface area contributed by atoms with E-state index in [0.717, 1.165) is 19.3 Å². The van der Waals surface area contributed by atoms with Crippen molar-refractivity contribution >= 4 is 5.91 Å². The van der Waals surface area contributed by atoms with E-state index in [9.17, 15) is 9.90 Å². The molecule has 88 valence electrons. The molecule has 1 aromatic heterocycles. The van der Waals surface area contributed by atoms with Crippen molar-refractivity contribution in [1.82, 2.24) is 5.32 Å². The summed E-state index contributed by atoms with van der Waals surface area (Å²) < 4.78 is 5.07. The molecule has 2 N–H and O–H groups in total. The average molecular weight is 223 g/mol. The molecule has 1 fully saturated rings. The third-order valence-corrected chi connectivity index (χ3v) is 3.06. The first kappa shape index (κ1) is 11.2. The molecule has 4 heteroatoms. The highest BCUT2D eigenvalue weighted by Crippen LogP contribution is 2.26. The summed E-state index contributed by atoms with van der Waals surface area (Å²) >= 11 is 0. The molecule has 1 saturated carbocycles. The van der Waals surface area contributed by atoms with Gasteiger partial charge in [-0.2, -0.15) is 0 Å². The minimum atomic E-state index is -0.628. The number of hydrogen-bond acceptors (Lipinski definition) is 3. The van der Waals surface area contributed by atoms with Crippen molar-refractivity contribution < 1.29 is 14.3 Å². The summed E-state index contributed by atoms with van der Waals surface area (Å²) in [6, 6.07) is 3.48. The van der Waals surface area contributed by atoms with Crippen molar-refractivity contribution in [3.63, 3.8) is 0 Å². The first-order chi connectivity index (χ1) is 7.77. The van der Waals surface area contributed by atoms with Gasteiger partial charge in [0.2, 0.25) is 5.91 Å². The number of carbonyl (C=O) groups excluding carboxylic acids is 1. The molecule has 0 bridgehead atoms. The Morgan fingerprint density at radius 1 is 1.62 bits per heavy atom. The van der Waals surface area contributed by atoms with E-state index in [1.165, 1.54) is 6.26 Å². The van der Waals surface area contributed by atoms with Gasteiger partial charge in [-0.05, 0) is 31.4 Å². The van der Waals surface area contributed by atoms with Gasteiger partial charge in [0.15, 0.2) is 0 Å². The Kier molecular flexibility index (Phi) is 3.62. The van der Waals surface area contributed by atoms with Crippen LogP contribution < -0.4 is 5.32 Å². The quantitative estimate of drug-likeness (QED) is 0.797. The van der Waals surface area contributed by atoms with Crippen LogP contribution >= 0.6 is 0 Å². The van der Waals surface area contributed by atoms with Gasteiger partial charge in [0.25, 0.3) is 0 Å². The number of rotatable bonds is 5. The molecule has 0 saturated heterocycles. The smallest absolute Gasteiger partial charge is 0.223 e. The number of amides is 1. The standard InChI is InChI=1S/C12H17NO3/c14-10(11-5-2-8-16-11)6-7-13-12(15)9-3-1-4-9/h2,5,8-10,14H,1,3-4,6-7H2,(H,13,15). The van der Waals surface area contributed by atoms with E-state index in [-0.39, 0.29) is 11.8 Å². The lowest BCUT2D eigenvalue weighted by molar-refractivity contribution is -0.127. The molecule has 1 atom stereocenters. The summed E-state index contributed by atoms with van der Waals surface area (Å²) in [5.41, 5.74) is 0. The fourth-order valence-corrected chi connectivity index (χ4v) is 1.77. The van der Waals surface area contributed by atoms with Gasteiger partial charge in [-0.3, -0.25) is 4.79 Å². The van der Waals surface area contributed by atoms with Crippen molar-refractivity contribution in [3.05, 3.63) is 24.2 Å². The van der Waals surface area contributed by atoms with Crippen molar-refractivity contribution in [2.24, 2.45) is 5.92 Å². The second kappa shape index (κ2) is 5.16. The minimum Gasteiger partial charge on any atom is -0.467 e. The zero-order valence-electron chi connectivity index (χ0n) is 9.19. The molecule has 0 aromatic carbocycles. The topological polar surface area (TPSA) is 62.5 Å². The van der Waals surface area contributed by atoms with E-state index in [0.29, 0.717) is 18.7 Å². The SMILES string of the molecule is O=C(NCCC(O)c1ccco1)C1CCC1. The molecular formula is C12H17NO3. The van der Waals surface area contributed by atoms with Crippen LogP contribution in [0.25, 0.3) is 0 Å². The summed E-state index contributed by atoms with van der Waals surface area (Å²) in [4.78, 5) is 11.5. The Labute approximate surface area is 94.6 Å². The summed E-state index contributed by atoms with van der Waals surface area (Å²) in [7, 11) is 0. The molecule has 2 rings (SSSR count). The fourth-order valence-electron chi connectivity index (χ4n) is 1.77. The Bertz CT molecular complexity index is 330. The number of nitrogens with one attached hydrogen (secondary N) is 1. The molecule has 1 aliphatic carbocycles. The van der Waals surface area contributed by atoms with Gasteiger partial charge in [-0.15, -0.1) is 0 Å². The lowest BCUT2D eigenvalue weighted by Crippen LogP contribution is -2.35. The summed E-state index contributed by atoms with van der Waals surface area (Å²) in [5, 5.41) is 12.5. The largest absolute Gasteiger partial charge is 0.467 e. The average Bonchev–Trinajstić information content (AvgIpc) is 2.67. The van der Waals surface area contributed by atoms with Gasteiger partial charge in [0.1, 0.15) is 11.9 Å². The van der Waals surface area contributed by atoms with Crippen LogP contribution in [-0.2, 0) is 4.79 Å². The van der Waals surface area contributed by atoms with Crippen molar-refractivity contribution in [2.75, 3.05) is 6.54 Å². The molecule has 1 aliphatic rings. The Hall–Kier alpha value is -1.29. The van der Waals surface area contributed by atoms with Crippen molar-refractivity contribution in [2.45, 2.75) is 31.8 Å². The molecule has 1 unspecified atom stereocenters. The molecule has 16 heavy (non-hydrogen) atoms. The van der Waals surface area contributed by atoms with Crippen molar-refractivity contribution in [3.8, 4) is 0 Å². The van der Waals surface area contributed by atoms with Crippen molar-refractivity contribution in [1.29, 1.82) is 0 Å². The zero-order chi connectivity index (χ0) is 11.4. The van der Waals surface area contributed by atoms with Crippen LogP contribution in [0.2, 0.25) is 0 Å². The van der Waals surface area contributed by atoms with E-state index in [1.807, 2.05) is 0 Å². The Balaban J connectivity index is 1.65. The molecular weight excluding hydrogens is 206 g/mol. The first-order valence-electron chi connectivity index (χ1n) is 5.76. The molecule has 1 amide bonds. The third kappa shape index (κ3) is 2.64. The van der Waals surface area contributed by atoms with E-state index in [1.54, 1.807) is 12.1 Å². The normalized spacial score (nSPS) is 17.8. The highest BCUT2D eigenvalue weighted by molar-refractivity contribution is 5.79. The van der Waals surface area contributed by atoms with Gasteiger partial charge in [0.05, 0.1) is 6.26 Å². The van der Waals surface area contributed by atoms with Gasteiger partial charge < -0.3 is 14.8 Å². The van der Waals surface area contributed by atoms with Gasteiger partial charge >= 0.3 is 0 Å². The lowest BCUT2D eigenvalue weighted by Gasteiger charge is -2.24. The lowest BCUT2D eigenvalue weighted by atomic mass is 9.85. The summed E-state index contributed by atoms with van der Waals surface area (Å²) in [6.07, 6.45) is 4.57. The molecule has 0 spiro atoms. The van der Waals surface area contributed by atoms with Crippen LogP contribution in [0.15, 0.2) is 22.8 Å². The fraction of sp³-hybridized carbons (Fsp3) is 0.583.